The molecule has 0 fully saturated rings. The summed E-state index contributed by atoms with van der Waals surface area (Å²) in [6.07, 6.45) is -1.64. The van der Waals surface area contributed by atoms with Crippen LogP contribution in [0.3, 0.4) is 0 Å². The lowest BCUT2D eigenvalue weighted by molar-refractivity contribution is -0.137. The highest BCUT2D eigenvalue weighted by Crippen LogP contribution is 2.34. The van der Waals surface area contributed by atoms with Crippen molar-refractivity contribution in [1.29, 1.82) is 5.26 Å². The summed E-state index contributed by atoms with van der Waals surface area (Å²) in [7, 11) is 0. The molecule has 0 aliphatic rings. The fraction of sp³-hybridized carbons (Fsp3) is 0.429. The molecule has 0 spiro atoms. The molecule has 82 valence electrons. The highest BCUT2D eigenvalue weighted by molar-refractivity contribution is 7.68. The van der Waals surface area contributed by atoms with Crippen molar-refractivity contribution in [3.8, 4) is 6.19 Å². The Morgan fingerprint density at radius 1 is 1.67 bits per heavy atom. The van der Waals surface area contributed by atoms with Gasteiger partial charge in [-0.2, -0.15) is 22.8 Å². The fourth-order valence-electron chi connectivity index (χ4n) is 0.780. The van der Waals surface area contributed by atoms with Gasteiger partial charge in [-0.15, -0.1) is 11.3 Å². The van der Waals surface area contributed by atoms with Crippen molar-refractivity contribution in [2.24, 2.45) is 4.36 Å². The second-order valence-corrected chi connectivity index (χ2v) is 4.82. The van der Waals surface area contributed by atoms with Crippen molar-refractivity contribution in [2.45, 2.75) is 18.3 Å². The molecular weight excluding hydrogens is 247 g/mol. The van der Waals surface area contributed by atoms with Gasteiger partial charge < -0.3 is 0 Å². The Morgan fingerprint density at radius 3 is 2.80 bits per heavy atom. The van der Waals surface area contributed by atoms with Crippen molar-refractivity contribution in [3.05, 3.63) is 16.1 Å². The number of rotatable bonds is 2. The number of hydrogen-bond acceptors (Lipinski definition) is 4. The van der Waals surface area contributed by atoms with Crippen molar-refractivity contribution >= 4 is 22.9 Å². The SMILES string of the molecule is CC([SH]=NC#N)c1cnc(C(F)(F)F)s1. The quantitative estimate of drug-likeness (QED) is 0.650. The first-order valence-electron chi connectivity index (χ1n) is 3.77. The number of halogens is 3. The molecule has 1 heterocycles. The number of hydrogen-bond donors (Lipinski definition) is 1. The van der Waals surface area contributed by atoms with Crippen LogP contribution in [0.15, 0.2) is 10.6 Å². The Bertz CT molecular complexity index is 404. The standard InChI is InChI=1S/C7H6F3N3S2/c1-4(15-13-3-11)5-2-12-6(14-5)7(8,9)10/h2,4,15H,1H3. The normalized spacial score (nSPS) is 14.6. The van der Waals surface area contributed by atoms with Gasteiger partial charge in [0.15, 0.2) is 5.01 Å². The summed E-state index contributed by atoms with van der Waals surface area (Å²) in [5.74, 6) is 0. The zero-order valence-corrected chi connectivity index (χ0v) is 9.20. The molecule has 0 amide bonds. The molecule has 1 unspecified atom stereocenters. The minimum absolute atomic E-state index is 0.238. The summed E-state index contributed by atoms with van der Waals surface area (Å²) in [6, 6.07) is 0. The minimum Gasteiger partial charge on any atom is -0.240 e. The molecule has 0 aromatic carbocycles. The van der Waals surface area contributed by atoms with Gasteiger partial charge in [0.2, 0.25) is 6.19 Å². The van der Waals surface area contributed by atoms with Crippen molar-refractivity contribution in [2.75, 3.05) is 0 Å². The van der Waals surface area contributed by atoms with Crippen LogP contribution in [-0.2, 0) is 17.7 Å². The third-order valence-corrected chi connectivity index (χ3v) is 3.68. The molecule has 8 heteroatoms. The van der Waals surface area contributed by atoms with Crippen LogP contribution in [0.1, 0.15) is 22.1 Å². The van der Waals surface area contributed by atoms with Gasteiger partial charge in [0, 0.05) is 16.3 Å². The Balaban J connectivity index is 2.86. The van der Waals surface area contributed by atoms with Gasteiger partial charge in [-0.05, 0) is 6.92 Å². The van der Waals surface area contributed by atoms with Gasteiger partial charge in [-0.25, -0.2) is 4.98 Å². The maximum Gasteiger partial charge on any atom is 0.443 e. The first-order valence-corrected chi connectivity index (χ1v) is 5.50. The third kappa shape index (κ3) is 3.28. The first-order chi connectivity index (χ1) is 6.95. The largest absolute Gasteiger partial charge is 0.443 e. The maximum atomic E-state index is 12.2. The molecule has 1 rings (SSSR count). The fourth-order valence-corrected chi connectivity index (χ4v) is 2.21. The number of thiol groups is 1. The van der Waals surface area contributed by atoms with E-state index in [0.717, 1.165) is 0 Å². The van der Waals surface area contributed by atoms with E-state index in [2.05, 4.69) is 9.35 Å². The Morgan fingerprint density at radius 2 is 2.33 bits per heavy atom. The topological polar surface area (TPSA) is 49.0 Å². The highest BCUT2D eigenvalue weighted by atomic mass is 32.1. The van der Waals surface area contributed by atoms with Crippen molar-refractivity contribution in [3.63, 3.8) is 0 Å². The predicted molar refractivity (Wildman–Crippen MR) is 52.3 cm³/mol. The third-order valence-electron chi connectivity index (χ3n) is 1.45. The van der Waals surface area contributed by atoms with E-state index in [1.165, 1.54) is 6.20 Å². The van der Waals surface area contributed by atoms with Gasteiger partial charge in [-0.3, -0.25) is 0 Å². The van der Waals surface area contributed by atoms with E-state index >= 15 is 0 Å². The number of alkyl halides is 3. The molecule has 0 radical (unpaired) electrons. The molecule has 1 aromatic rings. The van der Waals surface area contributed by atoms with E-state index in [1.807, 2.05) is 0 Å². The maximum absolute atomic E-state index is 12.2. The highest BCUT2D eigenvalue weighted by Gasteiger charge is 2.34. The van der Waals surface area contributed by atoms with Gasteiger partial charge in [0.1, 0.15) is 0 Å². The second-order valence-electron chi connectivity index (χ2n) is 2.56. The molecule has 0 aliphatic heterocycles. The summed E-state index contributed by atoms with van der Waals surface area (Å²) in [5, 5.41) is 7.08. The smallest absolute Gasteiger partial charge is 0.240 e. The summed E-state index contributed by atoms with van der Waals surface area (Å²) < 4.78 is 40.0. The molecule has 3 nitrogen and oxygen atoms in total. The van der Waals surface area contributed by atoms with Gasteiger partial charge in [-0.1, -0.05) is 11.6 Å². The summed E-state index contributed by atoms with van der Waals surface area (Å²) in [4.78, 5) is 3.76. The van der Waals surface area contributed by atoms with Crippen LogP contribution < -0.4 is 0 Å². The molecule has 0 aliphatic carbocycles. The number of aromatic nitrogens is 1. The summed E-state index contributed by atoms with van der Waals surface area (Å²) >= 11 is 1.02. The van der Waals surface area contributed by atoms with E-state index in [1.54, 1.807) is 13.1 Å². The molecule has 1 aromatic heterocycles. The van der Waals surface area contributed by atoms with Crippen LogP contribution in [0.5, 0.6) is 0 Å². The van der Waals surface area contributed by atoms with Crippen LogP contribution in [0, 0.1) is 11.5 Å². The lowest BCUT2D eigenvalue weighted by Crippen LogP contribution is -2.02. The Hall–Kier alpha value is -0.940. The van der Waals surface area contributed by atoms with Gasteiger partial charge >= 0.3 is 6.18 Å². The molecule has 0 N–H and O–H groups in total. The van der Waals surface area contributed by atoms with E-state index in [-0.39, 0.29) is 5.25 Å². The van der Waals surface area contributed by atoms with E-state index < -0.39 is 11.2 Å². The monoisotopic (exact) mass is 253 g/mol. The lowest BCUT2D eigenvalue weighted by Gasteiger charge is -2.00. The Labute approximate surface area is 91.7 Å². The average Bonchev–Trinajstić information content (AvgIpc) is 2.62. The van der Waals surface area contributed by atoms with Gasteiger partial charge in [0.25, 0.3) is 0 Å². The Kier molecular flexibility index (Phi) is 3.82. The predicted octanol–water partition coefficient (Wildman–Crippen LogP) is 2.70. The van der Waals surface area contributed by atoms with Gasteiger partial charge in [0.05, 0.1) is 0 Å². The van der Waals surface area contributed by atoms with Crippen LogP contribution in [0.2, 0.25) is 0 Å². The molecule has 0 saturated heterocycles. The zero-order chi connectivity index (χ0) is 11.5. The first kappa shape index (κ1) is 12.1. The number of nitriles is 1. The zero-order valence-electron chi connectivity index (χ0n) is 7.49. The van der Waals surface area contributed by atoms with E-state index in [0.29, 0.717) is 27.8 Å². The number of nitrogens with zero attached hydrogens (tertiary/aromatic N) is 3. The van der Waals surface area contributed by atoms with Crippen LogP contribution in [0.25, 0.3) is 0 Å². The van der Waals surface area contributed by atoms with E-state index in [9.17, 15) is 13.2 Å². The summed E-state index contributed by atoms with van der Waals surface area (Å²) in [5.41, 5.74) is 0. The van der Waals surface area contributed by atoms with Crippen LogP contribution in [0.4, 0.5) is 13.2 Å². The van der Waals surface area contributed by atoms with Crippen LogP contribution >= 0.6 is 11.3 Å². The van der Waals surface area contributed by atoms with Crippen molar-refractivity contribution < 1.29 is 13.2 Å². The lowest BCUT2D eigenvalue weighted by atomic mass is 10.4. The molecule has 1 atom stereocenters. The van der Waals surface area contributed by atoms with Crippen molar-refractivity contribution in [1.82, 2.24) is 4.98 Å². The molecular formula is C7H6F3N3S2. The van der Waals surface area contributed by atoms with E-state index in [4.69, 9.17) is 5.26 Å². The number of thiazole rings is 1. The average molecular weight is 253 g/mol. The van der Waals surface area contributed by atoms with Crippen LogP contribution in [-0.4, -0.2) is 4.98 Å². The molecule has 0 bridgehead atoms. The summed E-state index contributed by atoms with van der Waals surface area (Å²) in [6.45, 7) is 1.69. The second kappa shape index (κ2) is 4.72. The minimum atomic E-state index is -4.40. The molecule has 0 saturated carbocycles. The molecule has 15 heavy (non-hydrogen) atoms.